The van der Waals surface area contributed by atoms with Gasteiger partial charge in [0.1, 0.15) is 6.33 Å². The van der Waals surface area contributed by atoms with Gasteiger partial charge in [0.15, 0.2) is 11.8 Å². The van der Waals surface area contributed by atoms with Crippen LogP contribution in [-0.4, -0.2) is 34.3 Å². The molecule has 150 valence electrons. The Kier molecular flexibility index (Phi) is 5.89. The molecule has 0 atom stereocenters. The van der Waals surface area contributed by atoms with Gasteiger partial charge in [-0.2, -0.15) is 0 Å². The first-order valence-corrected chi connectivity index (χ1v) is 10.3. The van der Waals surface area contributed by atoms with Crippen molar-refractivity contribution in [3.63, 3.8) is 0 Å². The number of hydrogen-bond acceptors (Lipinski definition) is 3. The molecule has 1 aliphatic carbocycles. The van der Waals surface area contributed by atoms with Crippen LogP contribution in [0.3, 0.4) is 0 Å². The number of nitrogens with zero attached hydrogens (tertiary/aromatic N) is 4. The van der Waals surface area contributed by atoms with E-state index in [0.717, 1.165) is 24.0 Å². The van der Waals surface area contributed by atoms with E-state index in [1.165, 1.54) is 31.2 Å². The van der Waals surface area contributed by atoms with Crippen LogP contribution in [0.4, 0.5) is 0 Å². The van der Waals surface area contributed by atoms with Crippen LogP contribution in [0.1, 0.15) is 37.1 Å². The summed E-state index contributed by atoms with van der Waals surface area (Å²) in [6, 6.07) is 21.0. The Hall–Kier alpha value is -3.15. The maximum Gasteiger partial charge on any atom is 0.191 e. The number of nitrogens with one attached hydrogen (secondary N) is 2. The van der Waals surface area contributed by atoms with E-state index < -0.39 is 0 Å². The van der Waals surface area contributed by atoms with Gasteiger partial charge in [0.05, 0.1) is 6.54 Å². The first-order chi connectivity index (χ1) is 14.3. The number of aliphatic imine (C=N–C) groups is 1. The number of guanidine groups is 1. The highest BCUT2D eigenvalue weighted by Gasteiger charge is 2.35. The van der Waals surface area contributed by atoms with Crippen molar-refractivity contribution < 1.29 is 0 Å². The second kappa shape index (κ2) is 8.90. The van der Waals surface area contributed by atoms with Crippen LogP contribution >= 0.6 is 0 Å². The topological polar surface area (TPSA) is 67.1 Å². The van der Waals surface area contributed by atoms with Gasteiger partial charge in [0, 0.05) is 24.7 Å². The Morgan fingerprint density at radius 2 is 1.69 bits per heavy atom. The number of benzene rings is 2. The Morgan fingerprint density at radius 3 is 2.38 bits per heavy atom. The molecule has 1 fully saturated rings. The third-order valence-electron chi connectivity index (χ3n) is 5.83. The fourth-order valence-electron chi connectivity index (χ4n) is 4.23. The lowest BCUT2D eigenvalue weighted by atomic mass is 9.79. The minimum Gasteiger partial charge on any atom is -0.356 e. The second-order valence-corrected chi connectivity index (χ2v) is 7.59. The summed E-state index contributed by atoms with van der Waals surface area (Å²) in [5.41, 5.74) is 2.65. The van der Waals surface area contributed by atoms with Crippen molar-refractivity contribution in [1.82, 2.24) is 25.4 Å². The molecule has 6 nitrogen and oxygen atoms in total. The molecular weight excluding hydrogens is 360 g/mol. The van der Waals surface area contributed by atoms with Gasteiger partial charge in [0.25, 0.3) is 0 Å². The number of para-hydroxylation sites is 1. The quantitative estimate of drug-likeness (QED) is 0.501. The third-order valence-corrected chi connectivity index (χ3v) is 5.83. The van der Waals surface area contributed by atoms with Crippen molar-refractivity contribution in [1.29, 1.82) is 0 Å². The maximum atomic E-state index is 4.41. The van der Waals surface area contributed by atoms with E-state index in [1.54, 1.807) is 13.4 Å². The zero-order chi connectivity index (χ0) is 19.9. The molecule has 1 heterocycles. The first-order valence-electron chi connectivity index (χ1n) is 10.3. The highest BCUT2D eigenvalue weighted by Crippen LogP contribution is 2.40. The molecule has 1 saturated carbocycles. The molecule has 0 spiro atoms. The Labute approximate surface area is 172 Å². The largest absolute Gasteiger partial charge is 0.356 e. The van der Waals surface area contributed by atoms with E-state index in [-0.39, 0.29) is 5.41 Å². The van der Waals surface area contributed by atoms with Crippen molar-refractivity contribution >= 4 is 5.96 Å². The normalized spacial score (nSPS) is 16.0. The summed E-state index contributed by atoms with van der Waals surface area (Å²) in [7, 11) is 1.81. The van der Waals surface area contributed by atoms with Crippen molar-refractivity contribution in [3.8, 4) is 5.69 Å². The van der Waals surface area contributed by atoms with Crippen molar-refractivity contribution in [3.05, 3.63) is 78.4 Å². The van der Waals surface area contributed by atoms with E-state index in [2.05, 4.69) is 56.2 Å². The SMILES string of the molecule is CN=C(NCc1nncn1-c1ccccc1)NCC1(c2ccccc2)CCCC1. The minimum absolute atomic E-state index is 0.183. The molecule has 1 aromatic heterocycles. The molecule has 3 aromatic rings. The third kappa shape index (κ3) is 4.31. The van der Waals surface area contributed by atoms with Crippen molar-refractivity contribution in [2.75, 3.05) is 13.6 Å². The molecule has 29 heavy (non-hydrogen) atoms. The van der Waals surface area contributed by atoms with E-state index in [1.807, 2.05) is 34.9 Å². The van der Waals surface area contributed by atoms with E-state index in [9.17, 15) is 0 Å². The highest BCUT2D eigenvalue weighted by molar-refractivity contribution is 5.79. The summed E-state index contributed by atoms with van der Waals surface area (Å²) in [4.78, 5) is 4.41. The van der Waals surface area contributed by atoms with E-state index in [0.29, 0.717) is 6.54 Å². The Bertz CT molecular complexity index is 926. The van der Waals surface area contributed by atoms with Gasteiger partial charge in [-0.15, -0.1) is 10.2 Å². The van der Waals surface area contributed by atoms with Crippen LogP contribution in [0.15, 0.2) is 72.0 Å². The second-order valence-electron chi connectivity index (χ2n) is 7.59. The Balaban J connectivity index is 1.40. The average molecular weight is 389 g/mol. The summed E-state index contributed by atoms with van der Waals surface area (Å²) in [6.07, 6.45) is 6.73. The predicted molar refractivity (Wildman–Crippen MR) is 116 cm³/mol. The van der Waals surface area contributed by atoms with Crippen molar-refractivity contribution in [2.24, 2.45) is 4.99 Å². The molecular formula is C23H28N6. The molecule has 0 amide bonds. The summed E-state index contributed by atoms with van der Waals surface area (Å²) in [5.74, 6) is 1.63. The lowest BCUT2D eigenvalue weighted by molar-refractivity contribution is 0.431. The molecule has 0 bridgehead atoms. The summed E-state index contributed by atoms with van der Waals surface area (Å²) < 4.78 is 1.99. The number of hydrogen-bond donors (Lipinski definition) is 2. The molecule has 2 aromatic carbocycles. The van der Waals surface area contributed by atoms with Crippen LogP contribution in [0.2, 0.25) is 0 Å². The first kappa shape index (κ1) is 19.2. The van der Waals surface area contributed by atoms with Crippen LogP contribution in [0, 0.1) is 0 Å². The average Bonchev–Trinajstić information content (AvgIpc) is 3.46. The van der Waals surface area contributed by atoms with Gasteiger partial charge in [0.2, 0.25) is 0 Å². The fourth-order valence-corrected chi connectivity index (χ4v) is 4.23. The molecule has 0 aliphatic heterocycles. The lowest BCUT2D eigenvalue weighted by Gasteiger charge is -2.30. The minimum atomic E-state index is 0.183. The van der Waals surface area contributed by atoms with Gasteiger partial charge >= 0.3 is 0 Å². The number of aromatic nitrogens is 3. The molecule has 0 saturated heterocycles. The molecule has 1 aliphatic rings. The van der Waals surface area contributed by atoms with Gasteiger partial charge in [-0.1, -0.05) is 61.4 Å². The monoisotopic (exact) mass is 388 g/mol. The molecule has 4 rings (SSSR count). The smallest absolute Gasteiger partial charge is 0.191 e. The van der Waals surface area contributed by atoms with E-state index >= 15 is 0 Å². The summed E-state index contributed by atoms with van der Waals surface area (Å²) >= 11 is 0. The van der Waals surface area contributed by atoms with Crippen LogP contribution in [-0.2, 0) is 12.0 Å². The molecule has 0 unspecified atom stereocenters. The molecule has 2 N–H and O–H groups in total. The summed E-state index contributed by atoms with van der Waals surface area (Å²) in [5, 5.41) is 15.3. The van der Waals surface area contributed by atoms with Gasteiger partial charge in [-0.05, 0) is 30.5 Å². The maximum absolute atomic E-state index is 4.41. The molecule has 0 radical (unpaired) electrons. The highest BCUT2D eigenvalue weighted by atomic mass is 15.3. The zero-order valence-corrected chi connectivity index (χ0v) is 16.9. The lowest BCUT2D eigenvalue weighted by Crippen LogP contribution is -2.44. The fraction of sp³-hybridized carbons (Fsp3) is 0.348. The Morgan fingerprint density at radius 1 is 1.00 bits per heavy atom. The van der Waals surface area contributed by atoms with E-state index in [4.69, 9.17) is 0 Å². The summed E-state index contributed by atoms with van der Waals surface area (Å²) in [6.45, 7) is 1.43. The zero-order valence-electron chi connectivity index (χ0n) is 16.9. The van der Waals surface area contributed by atoms with Gasteiger partial charge < -0.3 is 10.6 Å². The van der Waals surface area contributed by atoms with Crippen LogP contribution < -0.4 is 10.6 Å². The standard InChI is InChI=1S/C23H28N6/c1-24-22(25-16-21-28-27-18-29(21)20-12-6-3-7-13-20)26-17-23(14-8-9-15-23)19-10-4-2-5-11-19/h2-7,10-13,18H,8-9,14-17H2,1H3,(H2,24,25,26). The van der Waals surface area contributed by atoms with Crippen LogP contribution in [0.5, 0.6) is 0 Å². The number of rotatable bonds is 6. The predicted octanol–water partition coefficient (Wildman–Crippen LogP) is 3.44. The van der Waals surface area contributed by atoms with Crippen LogP contribution in [0.25, 0.3) is 5.69 Å². The van der Waals surface area contributed by atoms with Crippen molar-refractivity contribution in [2.45, 2.75) is 37.6 Å². The molecule has 6 heteroatoms. The van der Waals surface area contributed by atoms with Gasteiger partial charge in [-0.3, -0.25) is 9.56 Å². The van der Waals surface area contributed by atoms with Gasteiger partial charge in [-0.25, -0.2) is 0 Å².